The van der Waals surface area contributed by atoms with Crippen molar-refractivity contribution >= 4 is 39.1 Å². The van der Waals surface area contributed by atoms with Crippen LogP contribution in [0.25, 0.3) is 0 Å². The first-order chi connectivity index (χ1) is 11.1. The van der Waals surface area contributed by atoms with Gasteiger partial charge in [0, 0.05) is 16.4 Å². The van der Waals surface area contributed by atoms with E-state index in [0.717, 1.165) is 21.7 Å². The number of rotatable bonds is 4. The lowest BCUT2D eigenvalue weighted by Gasteiger charge is -2.10. The molecule has 2 N–H and O–H groups in total. The summed E-state index contributed by atoms with van der Waals surface area (Å²) in [6, 6.07) is 16.1. The van der Waals surface area contributed by atoms with Crippen LogP contribution in [0.5, 0.6) is 0 Å². The fourth-order valence-electron chi connectivity index (χ4n) is 2.12. The standard InChI is InChI=1S/C18H17BrN4/c1-12-3-6-14(7-4-12)21-17-9-10-20-18(23-17)22-16-8-5-13(2)11-15(16)19/h3-11H,1-2H3,(H2,20,21,22,23). The summed E-state index contributed by atoms with van der Waals surface area (Å²) < 4.78 is 0.984. The molecule has 0 bridgehead atoms. The van der Waals surface area contributed by atoms with Gasteiger partial charge in [0.2, 0.25) is 5.95 Å². The van der Waals surface area contributed by atoms with Crippen LogP contribution in [0, 0.1) is 13.8 Å². The number of hydrogen-bond acceptors (Lipinski definition) is 4. The Morgan fingerprint density at radius 1 is 0.870 bits per heavy atom. The lowest BCUT2D eigenvalue weighted by Crippen LogP contribution is -2.01. The summed E-state index contributed by atoms with van der Waals surface area (Å²) in [6.45, 7) is 4.12. The third kappa shape index (κ3) is 4.07. The Hall–Kier alpha value is -2.40. The zero-order valence-corrected chi connectivity index (χ0v) is 14.6. The second-order valence-corrected chi connectivity index (χ2v) is 6.22. The second kappa shape index (κ2) is 6.79. The van der Waals surface area contributed by atoms with E-state index < -0.39 is 0 Å². The van der Waals surface area contributed by atoms with Crippen LogP contribution in [0.3, 0.4) is 0 Å². The van der Waals surface area contributed by atoms with Crippen LogP contribution in [-0.4, -0.2) is 9.97 Å². The molecule has 0 aliphatic carbocycles. The van der Waals surface area contributed by atoms with Crippen molar-refractivity contribution in [2.75, 3.05) is 10.6 Å². The molecule has 23 heavy (non-hydrogen) atoms. The summed E-state index contributed by atoms with van der Waals surface area (Å²) in [5, 5.41) is 6.50. The average molecular weight is 369 g/mol. The molecule has 0 unspecified atom stereocenters. The maximum Gasteiger partial charge on any atom is 0.229 e. The van der Waals surface area contributed by atoms with E-state index in [2.05, 4.69) is 68.6 Å². The maximum absolute atomic E-state index is 4.50. The van der Waals surface area contributed by atoms with Gasteiger partial charge in [0.15, 0.2) is 0 Å². The van der Waals surface area contributed by atoms with E-state index in [-0.39, 0.29) is 0 Å². The molecule has 3 rings (SSSR count). The average Bonchev–Trinajstić information content (AvgIpc) is 2.53. The molecule has 1 heterocycles. The van der Waals surface area contributed by atoms with Crippen LogP contribution in [0.4, 0.5) is 23.1 Å². The van der Waals surface area contributed by atoms with Crippen molar-refractivity contribution in [1.29, 1.82) is 0 Å². The number of hydrogen-bond donors (Lipinski definition) is 2. The van der Waals surface area contributed by atoms with Gasteiger partial charge in [-0.2, -0.15) is 4.98 Å². The van der Waals surface area contributed by atoms with E-state index in [0.29, 0.717) is 5.95 Å². The number of halogens is 1. The number of aromatic nitrogens is 2. The second-order valence-electron chi connectivity index (χ2n) is 5.36. The number of nitrogens with zero attached hydrogens (tertiary/aromatic N) is 2. The molecular formula is C18H17BrN4. The zero-order chi connectivity index (χ0) is 16.2. The molecule has 3 aromatic rings. The first-order valence-electron chi connectivity index (χ1n) is 7.30. The first-order valence-corrected chi connectivity index (χ1v) is 8.09. The van der Waals surface area contributed by atoms with E-state index in [1.54, 1.807) is 6.20 Å². The normalized spacial score (nSPS) is 10.4. The Labute approximate surface area is 144 Å². The molecule has 1 aromatic heterocycles. The van der Waals surface area contributed by atoms with Crippen molar-refractivity contribution < 1.29 is 0 Å². The number of benzene rings is 2. The fourth-order valence-corrected chi connectivity index (χ4v) is 2.71. The van der Waals surface area contributed by atoms with Crippen molar-refractivity contribution in [2.24, 2.45) is 0 Å². The topological polar surface area (TPSA) is 49.8 Å². The monoisotopic (exact) mass is 368 g/mol. The van der Waals surface area contributed by atoms with Gasteiger partial charge in [-0.05, 0) is 65.7 Å². The number of anilines is 4. The van der Waals surface area contributed by atoms with Crippen molar-refractivity contribution in [3.8, 4) is 0 Å². The van der Waals surface area contributed by atoms with E-state index in [4.69, 9.17) is 0 Å². The molecule has 0 aliphatic heterocycles. The van der Waals surface area contributed by atoms with Crippen molar-refractivity contribution in [1.82, 2.24) is 9.97 Å². The summed E-state index contributed by atoms with van der Waals surface area (Å²) in [6.07, 6.45) is 1.73. The minimum Gasteiger partial charge on any atom is -0.340 e. The van der Waals surface area contributed by atoms with Gasteiger partial charge in [-0.15, -0.1) is 0 Å². The van der Waals surface area contributed by atoms with E-state index >= 15 is 0 Å². The fraction of sp³-hybridized carbons (Fsp3) is 0.111. The molecule has 0 radical (unpaired) electrons. The molecule has 0 saturated heterocycles. The van der Waals surface area contributed by atoms with Gasteiger partial charge < -0.3 is 10.6 Å². The van der Waals surface area contributed by atoms with Gasteiger partial charge in [-0.25, -0.2) is 4.98 Å². The summed E-state index contributed by atoms with van der Waals surface area (Å²) >= 11 is 3.55. The van der Waals surface area contributed by atoms with E-state index in [1.807, 2.05) is 30.3 Å². The molecule has 0 fully saturated rings. The molecule has 4 nitrogen and oxygen atoms in total. The Bertz CT molecular complexity index is 816. The van der Waals surface area contributed by atoms with Crippen molar-refractivity contribution in [2.45, 2.75) is 13.8 Å². The molecule has 0 spiro atoms. The highest BCUT2D eigenvalue weighted by Crippen LogP contribution is 2.26. The van der Waals surface area contributed by atoms with Crippen molar-refractivity contribution in [3.05, 3.63) is 70.3 Å². The van der Waals surface area contributed by atoms with E-state index in [1.165, 1.54) is 11.1 Å². The van der Waals surface area contributed by atoms with Gasteiger partial charge in [-0.1, -0.05) is 23.8 Å². The maximum atomic E-state index is 4.50. The lowest BCUT2D eigenvalue weighted by atomic mass is 10.2. The minimum atomic E-state index is 0.548. The number of nitrogens with one attached hydrogen (secondary N) is 2. The predicted octanol–water partition coefficient (Wildman–Crippen LogP) is 5.34. The zero-order valence-electron chi connectivity index (χ0n) is 13.0. The predicted molar refractivity (Wildman–Crippen MR) is 98.7 cm³/mol. The molecule has 0 amide bonds. The lowest BCUT2D eigenvalue weighted by molar-refractivity contribution is 1.16. The molecule has 0 atom stereocenters. The summed E-state index contributed by atoms with van der Waals surface area (Å²) in [7, 11) is 0. The number of aryl methyl sites for hydroxylation is 2. The first kappa shape index (κ1) is 15.5. The van der Waals surface area contributed by atoms with Gasteiger partial charge in [0.05, 0.1) is 5.69 Å². The molecular weight excluding hydrogens is 352 g/mol. The highest BCUT2D eigenvalue weighted by Gasteiger charge is 2.04. The molecule has 0 aliphatic rings. The van der Waals surface area contributed by atoms with Gasteiger partial charge in [0.1, 0.15) is 5.82 Å². The Morgan fingerprint density at radius 2 is 1.61 bits per heavy atom. The van der Waals surface area contributed by atoms with Crippen LogP contribution in [0.15, 0.2) is 59.2 Å². The molecule has 2 aromatic carbocycles. The summed E-state index contributed by atoms with van der Waals surface area (Å²) in [5.41, 5.74) is 4.35. The third-order valence-corrected chi connectivity index (χ3v) is 4.01. The Balaban J connectivity index is 1.78. The van der Waals surface area contributed by atoms with Gasteiger partial charge in [-0.3, -0.25) is 0 Å². The highest BCUT2D eigenvalue weighted by molar-refractivity contribution is 9.10. The van der Waals surface area contributed by atoms with Crippen LogP contribution in [-0.2, 0) is 0 Å². The SMILES string of the molecule is Cc1ccc(Nc2ccnc(Nc3ccc(C)cc3Br)n2)cc1. The highest BCUT2D eigenvalue weighted by atomic mass is 79.9. The van der Waals surface area contributed by atoms with Gasteiger partial charge >= 0.3 is 0 Å². The Kier molecular flexibility index (Phi) is 4.57. The summed E-state index contributed by atoms with van der Waals surface area (Å²) in [4.78, 5) is 8.77. The van der Waals surface area contributed by atoms with Crippen LogP contribution in [0.2, 0.25) is 0 Å². The van der Waals surface area contributed by atoms with Gasteiger partial charge in [0.25, 0.3) is 0 Å². The molecule has 5 heteroatoms. The minimum absolute atomic E-state index is 0.548. The quantitative estimate of drug-likeness (QED) is 0.652. The molecule has 0 saturated carbocycles. The third-order valence-electron chi connectivity index (χ3n) is 3.35. The smallest absolute Gasteiger partial charge is 0.229 e. The van der Waals surface area contributed by atoms with E-state index in [9.17, 15) is 0 Å². The van der Waals surface area contributed by atoms with Crippen molar-refractivity contribution in [3.63, 3.8) is 0 Å². The summed E-state index contributed by atoms with van der Waals surface area (Å²) in [5.74, 6) is 1.29. The van der Waals surface area contributed by atoms with Crippen LogP contribution >= 0.6 is 15.9 Å². The Morgan fingerprint density at radius 3 is 2.35 bits per heavy atom. The molecule has 116 valence electrons. The largest absolute Gasteiger partial charge is 0.340 e. The van der Waals surface area contributed by atoms with Crippen LogP contribution in [0.1, 0.15) is 11.1 Å². The van der Waals surface area contributed by atoms with Crippen LogP contribution < -0.4 is 10.6 Å².